The molecular formula is C10H13BrN2O. The summed E-state index contributed by atoms with van der Waals surface area (Å²) in [4.78, 5) is 15.5. The highest BCUT2D eigenvalue weighted by Gasteiger charge is 2.11. The summed E-state index contributed by atoms with van der Waals surface area (Å²) in [6.07, 6.45) is 4.42. The Morgan fingerprint density at radius 1 is 1.64 bits per heavy atom. The third-order valence-electron chi connectivity index (χ3n) is 1.99. The molecule has 0 aliphatic heterocycles. The molecule has 0 fully saturated rings. The lowest BCUT2D eigenvalue weighted by Gasteiger charge is -2.06. The summed E-state index contributed by atoms with van der Waals surface area (Å²) >= 11 is 3.30. The van der Waals surface area contributed by atoms with E-state index in [9.17, 15) is 4.79 Å². The number of rotatable bonds is 4. The highest BCUT2D eigenvalue weighted by atomic mass is 79.9. The Labute approximate surface area is 91.8 Å². The van der Waals surface area contributed by atoms with Crippen LogP contribution in [0.3, 0.4) is 0 Å². The molecule has 76 valence electrons. The van der Waals surface area contributed by atoms with Gasteiger partial charge in [-0.3, -0.25) is 9.78 Å². The molecule has 0 aromatic carbocycles. The second kappa shape index (κ2) is 5.22. The molecule has 14 heavy (non-hydrogen) atoms. The van der Waals surface area contributed by atoms with E-state index in [0.29, 0.717) is 12.8 Å². The summed E-state index contributed by atoms with van der Waals surface area (Å²) in [7, 11) is 0. The van der Waals surface area contributed by atoms with Crippen LogP contribution < -0.4 is 5.73 Å². The molecule has 2 N–H and O–H groups in total. The molecule has 4 heteroatoms. The van der Waals surface area contributed by atoms with Gasteiger partial charge in [0.15, 0.2) is 5.78 Å². The van der Waals surface area contributed by atoms with Crippen LogP contribution >= 0.6 is 15.9 Å². The fraction of sp³-hybridized carbons (Fsp3) is 0.400. The van der Waals surface area contributed by atoms with Gasteiger partial charge in [-0.15, -0.1) is 0 Å². The van der Waals surface area contributed by atoms with Crippen molar-refractivity contribution in [2.24, 2.45) is 5.73 Å². The van der Waals surface area contributed by atoms with Crippen LogP contribution in [0.25, 0.3) is 0 Å². The number of nitrogens with zero attached hydrogens (tertiary/aromatic N) is 1. The van der Waals surface area contributed by atoms with Gasteiger partial charge >= 0.3 is 0 Å². The van der Waals surface area contributed by atoms with Crippen LogP contribution in [0.5, 0.6) is 0 Å². The summed E-state index contributed by atoms with van der Waals surface area (Å²) in [5.74, 6) is 0.0624. The van der Waals surface area contributed by atoms with Gasteiger partial charge in [-0.2, -0.15) is 0 Å². The van der Waals surface area contributed by atoms with Crippen molar-refractivity contribution in [3.05, 3.63) is 28.5 Å². The van der Waals surface area contributed by atoms with Gasteiger partial charge in [0.25, 0.3) is 0 Å². The molecule has 0 aliphatic rings. The van der Waals surface area contributed by atoms with Crippen molar-refractivity contribution in [2.75, 3.05) is 0 Å². The van der Waals surface area contributed by atoms with Gasteiger partial charge in [-0.25, -0.2) is 0 Å². The van der Waals surface area contributed by atoms with Crippen molar-refractivity contribution in [3.63, 3.8) is 0 Å². The smallest absolute Gasteiger partial charge is 0.153 e. The maximum Gasteiger partial charge on any atom is 0.153 e. The molecule has 0 radical (unpaired) electrons. The van der Waals surface area contributed by atoms with Crippen molar-refractivity contribution < 1.29 is 4.79 Å². The zero-order valence-electron chi connectivity index (χ0n) is 8.03. The molecule has 0 saturated carbocycles. The minimum atomic E-state index is -0.353. The molecule has 0 aliphatic carbocycles. The highest BCUT2D eigenvalue weighted by molar-refractivity contribution is 9.10. The Kier molecular flexibility index (Phi) is 4.22. The molecule has 0 amide bonds. The Morgan fingerprint density at radius 3 is 2.93 bits per heavy atom. The molecule has 1 unspecified atom stereocenters. The lowest BCUT2D eigenvalue weighted by molar-refractivity contribution is -0.119. The summed E-state index contributed by atoms with van der Waals surface area (Å²) in [5.41, 5.74) is 6.52. The molecule has 0 saturated heterocycles. The van der Waals surface area contributed by atoms with Gasteiger partial charge in [0, 0.05) is 23.3 Å². The molecule has 1 aromatic heterocycles. The number of Topliss-reactive ketones (excluding diaryl/α,β-unsaturated/α-hetero) is 1. The fourth-order valence-electron chi connectivity index (χ4n) is 1.11. The summed E-state index contributed by atoms with van der Waals surface area (Å²) in [5, 5.41) is 0. The zero-order valence-corrected chi connectivity index (χ0v) is 9.62. The van der Waals surface area contributed by atoms with Crippen molar-refractivity contribution >= 4 is 21.7 Å². The lowest BCUT2D eigenvalue weighted by atomic mass is 10.0. The molecule has 3 nitrogen and oxygen atoms in total. The Hall–Kier alpha value is -0.740. The molecule has 0 bridgehead atoms. The average molecular weight is 257 g/mol. The number of carbonyl (C=O) groups excluding carboxylic acids is 1. The van der Waals surface area contributed by atoms with E-state index in [1.54, 1.807) is 12.4 Å². The highest BCUT2D eigenvalue weighted by Crippen LogP contribution is 2.10. The van der Waals surface area contributed by atoms with Crippen molar-refractivity contribution in [3.8, 4) is 0 Å². The van der Waals surface area contributed by atoms with Crippen molar-refractivity contribution in [1.29, 1.82) is 0 Å². The molecule has 1 aromatic rings. The van der Waals surface area contributed by atoms with Crippen molar-refractivity contribution in [2.45, 2.75) is 25.8 Å². The van der Waals surface area contributed by atoms with Crippen LogP contribution in [0, 0.1) is 0 Å². The van der Waals surface area contributed by atoms with E-state index in [4.69, 9.17) is 5.73 Å². The second-order valence-corrected chi connectivity index (χ2v) is 4.08. The van der Waals surface area contributed by atoms with E-state index in [1.807, 2.05) is 13.0 Å². The Bertz CT molecular complexity index is 328. The normalized spacial score (nSPS) is 12.5. The quantitative estimate of drug-likeness (QED) is 0.893. The van der Waals surface area contributed by atoms with E-state index in [0.717, 1.165) is 10.0 Å². The topological polar surface area (TPSA) is 56.0 Å². The average Bonchev–Trinajstić information content (AvgIpc) is 2.16. The van der Waals surface area contributed by atoms with Gasteiger partial charge in [0.2, 0.25) is 0 Å². The Morgan fingerprint density at radius 2 is 2.36 bits per heavy atom. The first-order valence-electron chi connectivity index (χ1n) is 4.51. The number of aromatic nitrogens is 1. The van der Waals surface area contributed by atoms with E-state index >= 15 is 0 Å². The maximum absolute atomic E-state index is 11.5. The largest absolute Gasteiger partial charge is 0.322 e. The number of hydrogen-bond donors (Lipinski definition) is 1. The first-order chi connectivity index (χ1) is 6.63. The second-order valence-electron chi connectivity index (χ2n) is 3.17. The number of halogens is 1. The molecular weight excluding hydrogens is 244 g/mol. The summed E-state index contributed by atoms with van der Waals surface area (Å²) < 4.78 is 0.882. The van der Waals surface area contributed by atoms with Crippen LogP contribution in [-0.2, 0) is 11.2 Å². The van der Waals surface area contributed by atoms with Gasteiger partial charge in [-0.1, -0.05) is 6.92 Å². The van der Waals surface area contributed by atoms with Crippen LogP contribution in [-0.4, -0.2) is 16.8 Å². The predicted molar refractivity (Wildman–Crippen MR) is 58.9 cm³/mol. The lowest BCUT2D eigenvalue weighted by Crippen LogP contribution is -2.30. The van der Waals surface area contributed by atoms with Crippen LogP contribution in [0.4, 0.5) is 0 Å². The zero-order chi connectivity index (χ0) is 10.6. The monoisotopic (exact) mass is 256 g/mol. The van der Waals surface area contributed by atoms with Crippen LogP contribution in [0.2, 0.25) is 0 Å². The van der Waals surface area contributed by atoms with E-state index < -0.39 is 0 Å². The van der Waals surface area contributed by atoms with E-state index in [-0.39, 0.29) is 11.8 Å². The third kappa shape index (κ3) is 3.20. The molecule has 1 atom stereocenters. The van der Waals surface area contributed by atoms with Gasteiger partial charge in [-0.05, 0) is 34.0 Å². The summed E-state index contributed by atoms with van der Waals surface area (Å²) in [6, 6.07) is 1.53. The number of pyridine rings is 1. The SMILES string of the molecule is CCC(N)C(=O)Cc1cncc(Br)c1. The minimum Gasteiger partial charge on any atom is -0.322 e. The first-order valence-corrected chi connectivity index (χ1v) is 5.30. The third-order valence-corrected chi connectivity index (χ3v) is 2.43. The number of nitrogens with two attached hydrogens (primary N) is 1. The van der Waals surface area contributed by atoms with Gasteiger partial charge < -0.3 is 5.73 Å². The molecule has 0 spiro atoms. The fourth-order valence-corrected chi connectivity index (χ4v) is 1.52. The van der Waals surface area contributed by atoms with Crippen LogP contribution in [0.1, 0.15) is 18.9 Å². The number of ketones is 1. The predicted octanol–water partition coefficient (Wildman–Crippen LogP) is 1.69. The van der Waals surface area contributed by atoms with Crippen molar-refractivity contribution in [1.82, 2.24) is 4.98 Å². The van der Waals surface area contributed by atoms with Gasteiger partial charge in [0.1, 0.15) is 0 Å². The van der Waals surface area contributed by atoms with Gasteiger partial charge in [0.05, 0.1) is 6.04 Å². The first kappa shape index (κ1) is 11.3. The Balaban J connectivity index is 2.65. The maximum atomic E-state index is 11.5. The number of carbonyl (C=O) groups is 1. The van der Waals surface area contributed by atoms with E-state index in [2.05, 4.69) is 20.9 Å². The van der Waals surface area contributed by atoms with E-state index in [1.165, 1.54) is 0 Å². The minimum absolute atomic E-state index is 0.0624. The molecule has 1 rings (SSSR count). The van der Waals surface area contributed by atoms with Crippen LogP contribution in [0.15, 0.2) is 22.9 Å². The summed E-state index contributed by atoms with van der Waals surface area (Å²) in [6.45, 7) is 1.90. The number of hydrogen-bond acceptors (Lipinski definition) is 3. The standard InChI is InChI=1S/C10H13BrN2O/c1-2-9(12)10(14)4-7-3-8(11)6-13-5-7/h3,5-6,9H,2,4,12H2,1H3. The molecule has 1 heterocycles.